The SMILES string of the molecule is Cc1ccc([Te]c2ccc(C=O)cc2)cc1. The molecule has 2 aromatic carbocycles. The molecular formula is C14H12OTe. The van der Waals surface area contributed by atoms with E-state index in [1.807, 2.05) is 12.1 Å². The summed E-state index contributed by atoms with van der Waals surface area (Å²) in [6.45, 7) is 2.10. The number of hydrogen-bond donors (Lipinski definition) is 0. The molecule has 0 aliphatic rings. The Labute approximate surface area is 106 Å². The van der Waals surface area contributed by atoms with E-state index in [-0.39, 0.29) is 20.9 Å². The number of aryl methyl sites for hydroxylation is 1. The van der Waals surface area contributed by atoms with Crippen molar-refractivity contribution in [2.75, 3.05) is 0 Å². The first-order valence-corrected chi connectivity index (χ1v) is 7.41. The maximum absolute atomic E-state index is 10.5. The Morgan fingerprint density at radius 1 is 0.875 bits per heavy atom. The van der Waals surface area contributed by atoms with Crippen molar-refractivity contribution >= 4 is 34.4 Å². The van der Waals surface area contributed by atoms with Crippen LogP contribution in [0.25, 0.3) is 0 Å². The van der Waals surface area contributed by atoms with Gasteiger partial charge in [-0.1, -0.05) is 0 Å². The molecule has 0 aliphatic heterocycles. The molecular weight excluding hydrogens is 312 g/mol. The molecule has 0 N–H and O–H groups in total. The maximum atomic E-state index is 10.5. The van der Waals surface area contributed by atoms with Crippen LogP contribution in [-0.4, -0.2) is 27.2 Å². The van der Waals surface area contributed by atoms with Crippen LogP contribution in [0.2, 0.25) is 0 Å². The molecule has 0 saturated carbocycles. The van der Waals surface area contributed by atoms with Crippen LogP contribution in [0.5, 0.6) is 0 Å². The van der Waals surface area contributed by atoms with Gasteiger partial charge < -0.3 is 0 Å². The molecule has 80 valence electrons. The number of carbonyl (C=O) groups is 1. The number of carbonyl (C=O) groups excluding carboxylic acids is 1. The number of aldehydes is 1. The van der Waals surface area contributed by atoms with Gasteiger partial charge >= 0.3 is 106 Å². The number of hydrogen-bond acceptors (Lipinski definition) is 1. The van der Waals surface area contributed by atoms with Crippen LogP contribution in [0, 0.1) is 6.92 Å². The molecule has 0 atom stereocenters. The van der Waals surface area contributed by atoms with E-state index in [1.165, 1.54) is 12.8 Å². The first-order chi connectivity index (χ1) is 7.78. The predicted octanol–water partition coefficient (Wildman–Crippen LogP) is 1.46. The second kappa shape index (κ2) is 5.30. The van der Waals surface area contributed by atoms with Gasteiger partial charge in [-0.25, -0.2) is 0 Å². The summed E-state index contributed by atoms with van der Waals surface area (Å²) in [6, 6.07) is 16.6. The molecule has 2 rings (SSSR count). The van der Waals surface area contributed by atoms with Crippen molar-refractivity contribution in [3.05, 3.63) is 59.7 Å². The average molecular weight is 324 g/mol. The summed E-state index contributed by atoms with van der Waals surface area (Å²) in [6.07, 6.45) is 0.885. The Morgan fingerprint density at radius 3 is 1.88 bits per heavy atom. The molecule has 2 aromatic rings. The van der Waals surface area contributed by atoms with Gasteiger partial charge in [-0.05, 0) is 0 Å². The van der Waals surface area contributed by atoms with Crippen LogP contribution < -0.4 is 7.22 Å². The summed E-state index contributed by atoms with van der Waals surface area (Å²) >= 11 is -0.306. The monoisotopic (exact) mass is 326 g/mol. The van der Waals surface area contributed by atoms with Gasteiger partial charge in [0, 0.05) is 0 Å². The fourth-order valence-corrected chi connectivity index (χ4v) is 3.69. The Kier molecular flexibility index (Phi) is 3.77. The number of benzene rings is 2. The first-order valence-electron chi connectivity index (χ1n) is 5.08. The molecule has 0 radical (unpaired) electrons. The van der Waals surface area contributed by atoms with E-state index in [0.29, 0.717) is 0 Å². The van der Waals surface area contributed by atoms with Gasteiger partial charge in [0.2, 0.25) is 0 Å². The molecule has 0 aromatic heterocycles. The van der Waals surface area contributed by atoms with Crippen LogP contribution in [0.4, 0.5) is 0 Å². The van der Waals surface area contributed by atoms with Gasteiger partial charge in [0.05, 0.1) is 0 Å². The van der Waals surface area contributed by atoms with Crippen molar-refractivity contribution in [1.82, 2.24) is 0 Å². The molecule has 0 bridgehead atoms. The molecule has 0 spiro atoms. The predicted molar refractivity (Wildman–Crippen MR) is 68.0 cm³/mol. The molecule has 0 aliphatic carbocycles. The van der Waals surface area contributed by atoms with E-state index < -0.39 is 0 Å². The van der Waals surface area contributed by atoms with Crippen LogP contribution >= 0.6 is 0 Å². The van der Waals surface area contributed by atoms with Crippen LogP contribution in [-0.2, 0) is 0 Å². The molecule has 0 fully saturated rings. The van der Waals surface area contributed by atoms with Gasteiger partial charge in [0.1, 0.15) is 0 Å². The second-order valence-corrected chi connectivity index (χ2v) is 6.88. The van der Waals surface area contributed by atoms with Gasteiger partial charge in [-0.3, -0.25) is 0 Å². The molecule has 2 heteroatoms. The van der Waals surface area contributed by atoms with Crippen molar-refractivity contribution in [1.29, 1.82) is 0 Å². The van der Waals surface area contributed by atoms with Crippen molar-refractivity contribution in [2.45, 2.75) is 6.92 Å². The Hall–Kier alpha value is -1.10. The second-order valence-electron chi connectivity index (χ2n) is 3.60. The standard InChI is InChI=1S/C14H12OTe/c1-11-2-6-13(7-3-11)16-14-8-4-12(10-15)5-9-14/h2-10H,1H3. The van der Waals surface area contributed by atoms with E-state index in [1.54, 1.807) is 0 Å². The summed E-state index contributed by atoms with van der Waals surface area (Å²) in [5.41, 5.74) is 2.05. The van der Waals surface area contributed by atoms with Gasteiger partial charge in [0.25, 0.3) is 0 Å². The molecule has 0 unspecified atom stereocenters. The quantitative estimate of drug-likeness (QED) is 0.617. The van der Waals surface area contributed by atoms with Gasteiger partial charge in [-0.2, -0.15) is 0 Å². The first kappa shape index (κ1) is 11.4. The van der Waals surface area contributed by atoms with E-state index >= 15 is 0 Å². The van der Waals surface area contributed by atoms with Crippen molar-refractivity contribution in [3.8, 4) is 0 Å². The van der Waals surface area contributed by atoms with E-state index in [9.17, 15) is 4.79 Å². The third kappa shape index (κ3) is 2.95. The molecule has 0 saturated heterocycles. The van der Waals surface area contributed by atoms with Gasteiger partial charge in [0.15, 0.2) is 0 Å². The van der Waals surface area contributed by atoms with Crippen LogP contribution in [0.15, 0.2) is 48.5 Å². The van der Waals surface area contributed by atoms with Crippen LogP contribution in [0.3, 0.4) is 0 Å². The van der Waals surface area contributed by atoms with Gasteiger partial charge in [-0.15, -0.1) is 0 Å². The topological polar surface area (TPSA) is 17.1 Å². The number of rotatable bonds is 3. The normalized spacial score (nSPS) is 10.1. The fourth-order valence-electron chi connectivity index (χ4n) is 1.36. The van der Waals surface area contributed by atoms with Crippen molar-refractivity contribution in [3.63, 3.8) is 0 Å². The third-order valence-corrected chi connectivity index (χ3v) is 5.17. The molecule has 1 nitrogen and oxygen atoms in total. The van der Waals surface area contributed by atoms with E-state index in [4.69, 9.17) is 0 Å². The molecule has 0 heterocycles. The minimum absolute atomic E-state index is 0.306. The Bertz CT molecular complexity index is 471. The Morgan fingerprint density at radius 2 is 1.38 bits per heavy atom. The zero-order chi connectivity index (χ0) is 11.4. The minimum atomic E-state index is -0.306. The molecule has 0 amide bonds. The summed E-state index contributed by atoms with van der Waals surface area (Å²) in [4.78, 5) is 10.5. The summed E-state index contributed by atoms with van der Waals surface area (Å²) in [7, 11) is 0. The van der Waals surface area contributed by atoms with Crippen LogP contribution in [0.1, 0.15) is 15.9 Å². The Balaban J connectivity index is 2.14. The summed E-state index contributed by atoms with van der Waals surface area (Å²) < 4.78 is 2.79. The zero-order valence-corrected chi connectivity index (χ0v) is 11.3. The fraction of sp³-hybridized carbons (Fsp3) is 0.0714. The van der Waals surface area contributed by atoms with E-state index in [0.717, 1.165) is 11.8 Å². The summed E-state index contributed by atoms with van der Waals surface area (Å²) in [5.74, 6) is 0. The average Bonchev–Trinajstić information content (AvgIpc) is 2.33. The van der Waals surface area contributed by atoms with Crippen molar-refractivity contribution < 1.29 is 4.79 Å². The summed E-state index contributed by atoms with van der Waals surface area (Å²) in [5, 5.41) is 0. The zero-order valence-electron chi connectivity index (χ0n) is 9.01. The third-order valence-electron chi connectivity index (χ3n) is 2.27. The van der Waals surface area contributed by atoms with E-state index in [2.05, 4.69) is 43.3 Å². The molecule has 16 heavy (non-hydrogen) atoms. The van der Waals surface area contributed by atoms with Crippen molar-refractivity contribution in [2.24, 2.45) is 0 Å².